The second-order valence-electron chi connectivity index (χ2n) is 3.49. The first-order chi connectivity index (χ1) is 5.58. The maximum absolute atomic E-state index is 5.66. The topological polar surface area (TPSA) is 52.0 Å². The van der Waals surface area contributed by atoms with Crippen molar-refractivity contribution >= 4 is 0 Å². The van der Waals surface area contributed by atoms with Crippen LogP contribution in [0.1, 0.15) is 18.9 Å². The first-order valence-electron chi connectivity index (χ1n) is 4.20. The quantitative estimate of drug-likeness (QED) is 0.661. The minimum Gasteiger partial charge on any atom is -0.314 e. The zero-order valence-corrected chi connectivity index (χ0v) is 7.46. The molecule has 0 radical (unpaired) electrons. The van der Waals surface area contributed by atoms with Gasteiger partial charge >= 0.3 is 0 Å². The van der Waals surface area contributed by atoms with Gasteiger partial charge in [-0.15, -0.1) is 0 Å². The molecular formula is C10H16N2. The number of rotatable bonds is 3. The van der Waals surface area contributed by atoms with Crippen LogP contribution in [0.5, 0.6) is 0 Å². The van der Waals surface area contributed by atoms with Crippen LogP contribution in [0.25, 0.3) is 0 Å². The van der Waals surface area contributed by atoms with E-state index < -0.39 is 5.66 Å². The predicted molar refractivity (Wildman–Crippen MR) is 51.5 cm³/mol. The zero-order chi connectivity index (χ0) is 9.03. The van der Waals surface area contributed by atoms with E-state index in [1.165, 1.54) is 5.56 Å². The number of hydrogen-bond acceptors (Lipinski definition) is 2. The van der Waals surface area contributed by atoms with Crippen molar-refractivity contribution in [1.29, 1.82) is 0 Å². The summed E-state index contributed by atoms with van der Waals surface area (Å²) in [6.07, 6.45) is 1.77. The molecule has 0 heterocycles. The monoisotopic (exact) mass is 164 g/mol. The van der Waals surface area contributed by atoms with Gasteiger partial charge in [-0.2, -0.15) is 0 Å². The molecule has 4 N–H and O–H groups in total. The van der Waals surface area contributed by atoms with Crippen LogP contribution in [0.15, 0.2) is 30.3 Å². The van der Waals surface area contributed by atoms with Crippen molar-refractivity contribution in [3.63, 3.8) is 0 Å². The molecule has 1 aromatic rings. The molecule has 2 heteroatoms. The standard InChI is InChI=1S/C10H16N2/c1-10(11,12)8-7-9-5-3-2-4-6-9/h2-6H,7-8,11-12H2,1H3. The minimum atomic E-state index is -0.546. The summed E-state index contributed by atoms with van der Waals surface area (Å²) in [7, 11) is 0. The molecule has 0 saturated heterocycles. The Bertz CT molecular complexity index is 223. The SMILES string of the molecule is CC(N)(N)CCc1ccccc1. The van der Waals surface area contributed by atoms with Crippen LogP contribution in [0.2, 0.25) is 0 Å². The fourth-order valence-corrected chi connectivity index (χ4v) is 1.06. The average molecular weight is 164 g/mol. The highest BCUT2D eigenvalue weighted by Crippen LogP contribution is 2.06. The summed E-state index contributed by atoms with van der Waals surface area (Å²) in [5, 5.41) is 0. The molecule has 1 aromatic carbocycles. The van der Waals surface area contributed by atoms with E-state index in [1.807, 2.05) is 25.1 Å². The molecule has 0 amide bonds. The summed E-state index contributed by atoms with van der Waals surface area (Å²) in [5.41, 5.74) is 12.1. The summed E-state index contributed by atoms with van der Waals surface area (Å²) < 4.78 is 0. The van der Waals surface area contributed by atoms with Gasteiger partial charge in [0.05, 0.1) is 5.66 Å². The van der Waals surface area contributed by atoms with Gasteiger partial charge in [-0.05, 0) is 25.3 Å². The fraction of sp³-hybridized carbons (Fsp3) is 0.400. The Morgan fingerprint density at radius 3 is 2.25 bits per heavy atom. The van der Waals surface area contributed by atoms with Crippen LogP contribution in [-0.4, -0.2) is 5.66 Å². The summed E-state index contributed by atoms with van der Waals surface area (Å²) in [5.74, 6) is 0. The third-order valence-electron chi connectivity index (χ3n) is 1.80. The highest BCUT2D eigenvalue weighted by molar-refractivity contribution is 5.14. The lowest BCUT2D eigenvalue weighted by atomic mass is 10.0. The van der Waals surface area contributed by atoms with Crippen molar-refractivity contribution in [3.05, 3.63) is 35.9 Å². The van der Waals surface area contributed by atoms with Gasteiger partial charge in [-0.1, -0.05) is 30.3 Å². The lowest BCUT2D eigenvalue weighted by Crippen LogP contribution is -2.46. The molecule has 0 unspecified atom stereocenters. The molecule has 0 aliphatic heterocycles. The number of benzene rings is 1. The van der Waals surface area contributed by atoms with E-state index in [4.69, 9.17) is 11.5 Å². The molecule has 0 aromatic heterocycles. The molecule has 0 fully saturated rings. The second kappa shape index (κ2) is 3.70. The second-order valence-corrected chi connectivity index (χ2v) is 3.49. The Balaban J connectivity index is 2.44. The van der Waals surface area contributed by atoms with Crippen molar-refractivity contribution in [2.45, 2.75) is 25.4 Å². The first kappa shape index (κ1) is 9.23. The lowest BCUT2D eigenvalue weighted by Gasteiger charge is -2.17. The number of nitrogens with two attached hydrogens (primary N) is 2. The fourth-order valence-electron chi connectivity index (χ4n) is 1.06. The van der Waals surface area contributed by atoms with E-state index in [2.05, 4.69) is 12.1 Å². The first-order valence-corrected chi connectivity index (χ1v) is 4.20. The van der Waals surface area contributed by atoms with Gasteiger partial charge in [0.15, 0.2) is 0 Å². The molecule has 1 rings (SSSR count). The third-order valence-corrected chi connectivity index (χ3v) is 1.80. The highest BCUT2D eigenvalue weighted by atomic mass is 14.9. The van der Waals surface area contributed by atoms with Crippen LogP contribution >= 0.6 is 0 Å². The van der Waals surface area contributed by atoms with Crippen LogP contribution < -0.4 is 11.5 Å². The molecular weight excluding hydrogens is 148 g/mol. The third kappa shape index (κ3) is 3.51. The Hall–Kier alpha value is -0.860. The van der Waals surface area contributed by atoms with E-state index in [0.717, 1.165) is 12.8 Å². The van der Waals surface area contributed by atoms with Crippen LogP contribution in [0, 0.1) is 0 Å². The maximum atomic E-state index is 5.66. The molecule has 66 valence electrons. The number of aryl methyl sites for hydroxylation is 1. The van der Waals surface area contributed by atoms with Crippen molar-refractivity contribution in [2.75, 3.05) is 0 Å². The Morgan fingerprint density at radius 1 is 1.17 bits per heavy atom. The molecule has 0 atom stereocenters. The summed E-state index contributed by atoms with van der Waals surface area (Å²) in [6.45, 7) is 1.84. The van der Waals surface area contributed by atoms with E-state index in [1.54, 1.807) is 0 Å². The van der Waals surface area contributed by atoms with Gasteiger partial charge in [0.2, 0.25) is 0 Å². The maximum Gasteiger partial charge on any atom is 0.0610 e. The minimum absolute atomic E-state index is 0.546. The van der Waals surface area contributed by atoms with Crippen LogP contribution in [-0.2, 0) is 6.42 Å². The normalized spacial score (nSPS) is 11.6. The van der Waals surface area contributed by atoms with E-state index in [9.17, 15) is 0 Å². The highest BCUT2D eigenvalue weighted by Gasteiger charge is 2.09. The van der Waals surface area contributed by atoms with Gasteiger partial charge in [0, 0.05) is 0 Å². The zero-order valence-electron chi connectivity index (χ0n) is 7.46. The molecule has 0 aliphatic rings. The summed E-state index contributed by atoms with van der Waals surface area (Å²) >= 11 is 0. The van der Waals surface area contributed by atoms with Gasteiger partial charge in [0.1, 0.15) is 0 Å². The Morgan fingerprint density at radius 2 is 1.75 bits per heavy atom. The molecule has 2 nitrogen and oxygen atoms in total. The van der Waals surface area contributed by atoms with E-state index >= 15 is 0 Å². The largest absolute Gasteiger partial charge is 0.314 e. The van der Waals surface area contributed by atoms with E-state index in [-0.39, 0.29) is 0 Å². The lowest BCUT2D eigenvalue weighted by molar-refractivity contribution is 0.451. The average Bonchev–Trinajstić information content (AvgIpc) is 2.02. The summed E-state index contributed by atoms with van der Waals surface area (Å²) in [4.78, 5) is 0. The molecule has 0 spiro atoms. The van der Waals surface area contributed by atoms with Crippen LogP contribution in [0.3, 0.4) is 0 Å². The molecule has 0 bridgehead atoms. The van der Waals surface area contributed by atoms with Crippen molar-refractivity contribution in [1.82, 2.24) is 0 Å². The molecule has 0 saturated carbocycles. The molecule has 12 heavy (non-hydrogen) atoms. The van der Waals surface area contributed by atoms with Crippen molar-refractivity contribution in [2.24, 2.45) is 11.5 Å². The van der Waals surface area contributed by atoms with E-state index in [0.29, 0.717) is 0 Å². The van der Waals surface area contributed by atoms with Crippen molar-refractivity contribution < 1.29 is 0 Å². The van der Waals surface area contributed by atoms with Gasteiger partial charge in [-0.3, -0.25) is 0 Å². The van der Waals surface area contributed by atoms with Gasteiger partial charge in [-0.25, -0.2) is 0 Å². The summed E-state index contributed by atoms with van der Waals surface area (Å²) in [6, 6.07) is 10.2. The number of hydrogen-bond donors (Lipinski definition) is 2. The molecule has 0 aliphatic carbocycles. The van der Waals surface area contributed by atoms with Crippen LogP contribution in [0.4, 0.5) is 0 Å². The van der Waals surface area contributed by atoms with Gasteiger partial charge in [0.25, 0.3) is 0 Å². The van der Waals surface area contributed by atoms with Crippen molar-refractivity contribution in [3.8, 4) is 0 Å². The Labute approximate surface area is 73.6 Å². The Kier molecular flexibility index (Phi) is 2.84. The van der Waals surface area contributed by atoms with Gasteiger partial charge < -0.3 is 11.5 Å². The smallest absolute Gasteiger partial charge is 0.0610 e. The predicted octanol–water partition coefficient (Wildman–Crippen LogP) is 1.25.